The number of hydrogen-bond donors (Lipinski definition) is 1. The van der Waals surface area contributed by atoms with Crippen molar-refractivity contribution in [2.45, 2.75) is 57.8 Å². The van der Waals surface area contributed by atoms with E-state index in [1.807, 2.05) is 0 Å². The Hall–Kier alpha value is -1.61. The molecule has 1 aliphatic rings. The van der Waals surface area contributed by atoms with Crippen LogP contribution in [0.25, 0.3) is 0 Å². The number of pyridine rings is 1. The lowest BCUT2D eigenvalue weighted by molar-refractivity contribution is 0.0502. The number of alkyl carbamates (subject to hydrolysis) is 1. The number of nitrogens with one attached hydrogen (secondary N) is 1. The number of halogens is 5. The quantitative estimate of drug-likeness (QED) is 0.467. The Morgan fingerprint density at radius 2 is 1.80 bits per heavy atom. The fourth-order valence-corrected chi connectivity index (χ4v) is 4.79. The van der Waals surface area contributed by atoms with Crippen molar-refractivity contribution in [3.05, 3.63) is 61.3 Å². The van der Waals surface area contributed by atoms with Gasteiger partial charge in [0.15, 0.2) is 0 Å². The molecule has 1 amide bonds. The molecule has 4 nitrogen and oxygen atoms in total. The van der Waals surface area contributed by atoms with Gasteiger partial charge in [-0.15, -0.1) is 0 Å². The molecule has 1 aromatic heterocycles. The first-order chi connectivity index (χ1) is 13.9. The topological polar surface area (TPSA) is 51.2 Å². The van der Waals surface area contributed by atoms with Crippen molar-refractivity contribution in [3.63, 3.8) is 0 Å². The van der Waals surface area contributed by atoms with Crippen LogP contribution in [0.15, 0.2) is 27.3 Å². The second-order valence-corrected chi connectivity index (χ2v) is 9.79. The van der Waals surface area contributed by atoms with Crippen LogP contribution in [-0.4, -0.2) is 22.8 Å². The van der Waals surface area contributed by atoms with Gasteiger partial charge in [0.1, 0.15) is 28.0 Å². The average molecular weight is 550 g/mol. The molecule has 0 saturated carbocycles. The van der Waals surface area contributed by atoms with Crippen LogP contribution < -0.4 is 5.32 Å². The first-order valence-corrected chi connectivity index (χ1v) is 11.0. The minimum absolute atomic E-state index is 0.0593. The van der Waals surface area contributed by atoms with Crippen molar-refractivity contribution in [3.8, 4) is 0 Å². The molecule has 9 heteroatoms. The van der Waals surface area contributed by atoms with E-state index in [1.54, 1.807) is 20.8 Å². The number of amides is 1. The second kappa shape index (κ2) is 8.86. The molecular formula is C21H21Br2F3N2O2. The normalized spacial score (nSPS) is 16.9. The minimum atomic E-state index is -1.01. The van der Waals surface area contributed by atoms with Crippen LogP contribution in [0.4, 0.5) is 18.0 Å². The van der Waals surface area contributed by atoms with E-state index in [1.165, 1.54) is 12.1 Å². The SMILES string of the molecule is CC(C)(C)OC(=O)N[C@@H](Cc1cc(F)cc(F)c1)c1nc(Br)c2c(c1Br)C[C@@H](F)C2. The van der Waals surface area contributed by atoms with Crippen LogP contribution >= 0.6 is 31.9 Å². The Labute approximate surface area is 189 Å². The Morgan fingerprint density at radius 1 is 1.20 bits per heavy atom. The molecule has 1 aromatic carbocycles. The summed E-state index contributed by atoms with van der Waals surface area (Å²) in [4.78, 5) is 17.0. The largest absolute Gasteiger partial charge is 0.444 e. The van der Waals surface area contributed by atoms with Gasteiger partial charge in [0.05, 0.1) is 11.7 Å². The number of carbonyl (C=O) groups excluding carboxylic acids is 1. The van der Waals surface area contributed by atoms with E-state index in [4.69, 9.17) is 4.74 Å². The third-order valence-corrected chi connectivity index (χ3v) is 6.10. The van der Waals surface area contributed by atoms with Gasteiger partial charge in [0, 0.05) is 23.4 Å². The number of carbonyl (C=O) groups is 1. The van der Waals surface area contributed by atoms with Crippen molar-refractivity contribution in [2.24, 2.45) is 0 Å². The number of fused-ring (bicyclic) bond motifs is 1. The Bertz CT molecular complexity index is 959. The van der Waals surface area contributed by atoms with Crippen molar-refractivity contribution in [1.29, 1.82) is 0 Å². The summed E-state index contributed by atoms with van der Waals surface area (Å²) in [7, 11) is 0. The number of benzene rings is 1. The summed E-state index contributed by atoms with van der Waals surface area (Å²) in [5.41, 5.74) is 1.56. The number of alkyl halides is 1. The van der Waals surface area contributed by atoms with Crippen LogP contribution in [0.3, 0.4) is 0 Å². The summed E-state index contributed by atoms with van der Waals surface area (Å²) >= 11 is 6.89. The zero-order chi connectivity index (χ0) is 22.2. The monoisotopic (exact) mass is 548 g/mol. The number of rotatable bonds is 4. The van der Waals surface area contributed by atoms with Crippen molar-refractivity contribution in [1.82, 2.24) is 10.3 Å². The summed E-state index contributed by atoms with van der Waals surface area (Å²) < 4.78 is 47.8. The first kappa shape index (κ1) is 23.1. The molecule has 0 spiro atoms. The van der Waals surface area contributed by atoms with E-state index in [0.717, 1.165) is 17.2 Å². The molecule has 1 N–H and O–H groups in total. The zero-order valence-corrected chi connectivity index (χ0v) is 19.8. The maximum absolute atomic E-state index is 14.0. The minimum Gasteiger partial charge on any atom is -0.444 e. The standard InChI is InChI=1S/C21H21Br2F3N2O2/c1-21(2,3)30-20(29)27-16(6-10-4-11(24)7-12(25)5-10)18-17(22)14-8-13(26)9-15(14)19(23)28-18/h4-5,7,13,16H,6,8-9H2,1-3H3,(H,27,29)/t13-,16+/m1/s1. The predicted octanol–water partition coefficient (Wildman–Crippen LogP) is 6.13. The molecule has 1 heterocycles. The molecule has 3 rings (SSSR count). The maximum atomic E-state index is 14.0. The van der Waals surface area contributed by atoms with Crippen LogP contribution in [0.1, 0.15) is 49.2 Å². The molecule has 2 atom stereocenters. The summed E-state index contributed by atoms with van der Waals surface area (Å²) in [5, 5.41) is 2.73. The molecule has 0 bridgehead atoms. The molecule has 162 valence electrons. The molecule has 0 saturated heterocycles. The highest BCUT2D eigenvalue weighted by Gasteiger charge is 2.31. The Balaban J connectivity index is 2.00. The molecule has 0 fully saturated rings. The summed E-state index contributed by atoms with van der Waals surface area (Å²) in [6, 6.07) is 2.40. The molecule has 0 aliphatic heterocycles. The van der Waals surface area contributed by atoms with E-state index < -0.39 is 35.5 Å². The molecular weight excluding hydrogens is 529 g/mol. The van der Waals surface area contributed by atoms with Gasteiger partial charge in [-0.1, -0.05) is 0 Å². The molecule has 1 aliphatic carbocycles. The van der Waals surface area contributed by atoms with Gasteiger partial charge < -0.3 is 10.1 Å². The van der Waals surface area contributed by atoms with E-state index in [9.17, 15) is 18.0 Å². The van der Waals surface area contributed by atoms with Crippen LogP contribution in [0.5, 0.6) is 0 Å². The molecule has 0 unspecified atom stereocenters. The average Bonchev–Trinajstić information content (AvgIpc) is 2.97. The number of ether oxygens (including phenoxy) is 1. The molecule has 0 radical (unpaired) electrons. The lowest BCUT2D eigenvalue weighted by atomic mass is 10.0. The third-order valence-electron chi connectivity index (χ3n) is 4.56. The van der Waals surface area contributed by atoms with Gasteiger partial charge >= 0.3 is 6.09 Å². The highest BCUT2D eigenvalue weighted by atomic mass is 79.9. The van der Waals surface area contributed by atoms with Crippen molar-refractivity contribution in [2.75, 3.05) is 0 Å². The highest BCUT2D eigenvalue weighted by molar-refractivity contribution is 9.11. The lowest BCUT2D eigenvalue weighted by Gasteiger charge is -2.25. The summed E-state index contributed by atoms with van der Waals surface area (Å²) in [6.45, 7) is 5.18. The van der Waals surface area contributed by atoms with Gasteiger partial charge in [-0.2, -0.15) is 0 Å². The van der Waals surface area contributed by atoms with Crippen LogP contribution in [-0.2, 0) is 24.0 Å². The number of hydrogen-bond acceptors (Lipinski definition) is 3. The molecule has 30 heavy (non-hydrogen) atoms. The van der Waals surface area contributed by atoms with Crippen LogP contribution in [0, 0.1) is 11.6 Å². The van der Waals surface area contributed by atoms with E-state index >= 15 is 0 Å². The van der Waals surface area contributed by atoms with E-state index in [2.05, 4.69) is 42.2 Å². The first-order valence-electron chi connectivity index (χ1n) is 9.38. The zero-order valence-electron chi connectivity index (χ0n) is 16.7. The van der Waals surface area contributed by atoms with Gasteiger partial charge in [0.25, 0.3) is 0 Å². The Kier molecular flexibility index (Phi) is 6.81. The molecule has 2 aromatic rings. The fraction of sp³-hybridized carbons (Fsp3) is 0.429. The second-order valence-electron chi connectivity index (χ2n) is 8.25. The van der Waals surface area contributed by atoms with Crippen molar-refractivity contribution >= 4 is 38.0 Å². The van der Waals surface area contributed by atoms with Gasteiger partial charge in [-0.25, -0.2) is 22.9 Å². The fourth-order valence-electron chi connectivity index (χ4n) is 3.43. The summed E-state index contributed by atoms with van der Waals surface area (Å²) in [6.07, 6.45) is -1.18. The maximum Gasteiger partial charge on any atom is 0.408 e. The lowest BCUT2D eigenvalue weighted by Crippen LogP contribution is -2.36. The van der Waals surface area contributed by atoms with Crippen molar-refractivity contribution < 1.29 is 22.7 Å². The van der Waals surface area contributed by atoms with Crippen LogP contribution in [0.2, 0.25) is 0 Å². The smallest absolute Gasteiger partial charge is 0.408 e. The van der Waals surface area contributed by atoms with Gasteiger partial charge in [-0.05, 0) is 87.9 Å². The number of aromatic nitrogens is 1. The predicted molar refractivity (Wildman–Crippen MR) is 114 cm³/mol. The highest BCUT2D eigenvalue weighted by Crippen LogP contribution is 2.39. The van der Waals surface area contributed by atoms with E-state index in [-0.39, 0.29) is 19.3 Å². The summed E-state index contributed by atoms with van der Waals surface area (Å²) in [5.74, 6) is -1.44. The number of nitrogens with zero attached hydrogens (tertiary/aromatic N) is 1. The Morgan fingerprint density at radius 3 is 2.40 bits per heavy atom. The van der Waals surface area contributed by atoms with Gasteiger partial charge in [-0.3, -0.25) is 0 Å². The van der Waals surface area contributed by atoms with Gasteiger partial charge in [0.2, 0.25) is 0 Å². The van der Waals surface area contributed by atoms with E-state index in [0.29, 0.717) is 20.3 Å². The third kappa shape index (κ3) is 5.55.